The van der Waals surface area contributed by atoms with Crippen molar-refractivity contribution in [1.29, 1.82) is 0 Å². The van der Waals surface area contributed by atoms with Crippen molar-refractivity contribution < 1.29 is 4.79 Å². The van der Waals surface area contributed by atoms with Crippen LogP contribution in [0.3, 0.4) is 0 Å². The first kappa shape index (κ1) is 16.5. The van der Waals surface area contributed by atoms with Gasteiger partial charge in [0.25, 0.3) is 0 Å². The number of allylic oxidation sites excluding steroid dienone is 5. The Morgan fingerprint density at radius 3 is 2.45 bits per heavy atom. The van der Waals surface area contributed by atoms with Gasteiger partial charge >= 0.3 is 0 Å². The molecule has 0 aromatic carbocycles. The quantitative estimate of drug-likeness (QED) is 0.585. The third kappa shape index (κ3) is 4.87. The molecule has 3 nitrogen and oxygen atoms in total. The Morgan fingerprint density at radius 2 is 1.90 bits per heavy atom. The van der Waals surface area contributed by atoms with E-state index in [9.17, 15) is 4.79 Å². The lowest BCUT2D eigenvalue weighted by atomic mass is 9.91. The first-order valence-electron chi connectivity index (χ1n) is 7.34. The van der Waals surface area contributed by atoms with Gasteiger partial charge in [-0.2, -0.15) is 0 Å². The number of nitrogens with zero attached hydrogens (tertiary/aromatic N) is 1. The van der Waals surface area contributed by atoms with Gasteiger partial charge in [0.2, 0.25) is 6.41 Å². The van der Waals surface area contributed by atoms with Crippen molar-refractivity contribution >= 4 is 6.41 Å². The van der Waals surface area contributed by atoms with Crippen LogP contribution in [-0.4, -0.2) is 17.0 Å². The Bertz CT molecular complexity index is 426. The van der Waals surface area contributed by atoms with Crippen LogP contribution in [0, 0.1) is 0 Å². The molecule has 0 radical (unpaired) electrons. The van der Waals surface area contributed by atoms with Crippen LogP contribution < -0.4 is 5.43 Å². The van der Waals surface area contributed by atoms with Crippen LogP contribution in [0.4, 0.5) is 0 Å². The zero-order chi connectivity index (χ0) is 15.2. The third-order valence-electron chi connectivity index (χ3n) is 3.65. The standard InChI is InChI=1S/C17H28N2O/c1-14(2)8-6-10-16-12-17(5,19(13-20)18-16)11-7-9-15(3)4/h8-10,13,18H,6-7,11-12H2,1-5H3. The molecule has 0 aromatic rings. The highest BCUT2D eigenvalue weighted by Crippen LogP contribution is 2.32. The van der Waals surface area contributed by atoms with Crippen molar-refractivity contribution in [2.24, 2.45) is 0 Å². The van der Waals surface area contributed by atoms with Gasteiger partial charge in [-0.25, -0.2) is 0 Å². The molecule has 1 atom stereocenters. The maximum atomic E-state index is 11.3. The summed E-state index contributed by atoms with van der Waals surface area (Å²) in [6.07, 6.45) is 11.3. The van der Waals surface area contributed by atoms with Crippen molar-refractivity contribution in [1.82, 2.24) is 10.4 Å². The van der Waals surface area contributed by atoms with Crippen molar-refractivity contribution in [3.05, 3.63) is 35.1 Å². The smallest absolute Gasteiger partial charge is 0.228 e. The SMILES string of the molecule is CC(C)=CCC=C1CC(C)(CCC=C(C)C)N(C=O)N1. The predicted octanol–water partition coefficient (Wildman–Crippen LogP) is 4.10. The summed E-state index contributed by atoms with van der Waals surface area (Å²) in [6, 6.07) is 0. The van der Waals surface area contributed by atoms with Crippen molar-refractivity contribution in [3.8, 4) is 0 Å². The molecule has 1 unspecified atom stereocenters. The molecule has 0 saturated carbocycles. The molecule has 1 amide bonds. The maximum Gasteiger partial charge on any atom is 0.228 e. The van der Waals surface area contributed by atoms with E-state index in [0.717, 1.165) is 37.8 Å². The predicted molar refractivity (Wildman–Crippen MR) is 84.9 cm³/mol. The van der Waals surface area contributed by atoms with Crippen LogP contribution in [0.5, 0.6) is 0 Å². The summed E-state index contributed by atoms with van der Waals surface area (Å²) >= 11 is 0. The maximum absolute atomic E-state index is 11.3. The number of carbonyl (C=O) groups excluding carboxylic acids is 1. The van der Waals surface area contributed by atoms with Crippen LogP contribution in [-0.2, 0) is 4.79 Å². The van der Waals surface area contributed by atoms with Gasteiger partial charge in [-0.15, -0.1) is 0 Å². The van der Waals surface area contributed by atoms with Crippen molar-refractivity contribution in [3.63, 3.8) is 0 Å². The molecule has 1 saturated heterocycles. The van der Waals surface area contributed by atoms with Gasteiger partial charge in [0, 0.05) is 12.1 Å². The number of hydrazine groups is 1. The number of carbonyl (C=O) groups is 1. The molecular weight excluding hydrogens is 248 g/mol. The first-order valence-corrected chi connectivity index (χ1v) is 7.34. The van der Waals surface area contributed by atoms with Gasteiger partial charge < -0.3 is 5.43 Å². The fraction of sp³-hybridized carbons (Fsp3) is 0.588. The van der Waals surface area contributed by atoms with E-state index >= 15 is 0 Å². The molecule has 3 heteroatoms. The van der Waals surface area contributed by atoms with Crippen LogP contribution in [0.25, 0.3) is 0 Å². The molecule has 1 fully saturated rings. The van der Waals surface area contributed by atoms with E-state index in [0.29, 0.717) is 0 Å². The number of rotatable bonds is 6. The Kier molecular flexibility index (Phi) is 6.05. The highest BCUT2D eigenvalue weighted by Gasteiger charge is 2.37. The molecule has 0 aliphatic carbocycles. The summed E-state index contributed by atoms with van der Waals surface area (Å²) in [5.41, 5.74) is 6.89. The molecule has 1 aliphatic rings. The molecule has 0 spiro atoms. The number of nitrogens with one attached hydrogen (secondary N) is 1. The fourth-order valence-corrected chi connectivity index (χ4v) is 2.41. The van der Waals surface area contributed by atoms with E-state index in [2.05, 4.69) is 58.3 Å². The summed E-state index contributed by atoms with van der Waals surface area (Å²) < 4.78 is 0. The largest absolute Gasteiger partial charge is 0.300 e. The second-order valence-corrected chi connectivity index (χ2v) is 6.33. The second-order valence-electron chi connectivity index (χ2n) is 6.33. The topological polar surface area (TPSA) is 32.3 Å². The van der Waals surface area contributed by atoms with E-state index in [-0.39, 0.29) is 5.54 Å². The first-order chi connectivity index (χ1) is 9.37. The van der Waals surface area contributed by atoms with Gasteiger partial charge in [0.1, 0.15) is 0 Å². The molecule has 1 N–H and O–H groups in total. The van der Waals surface area contributed by atoms with Crippen LogP contribution in [0.2, 0.25) is 0 Å². The molecule has 1 heterocycles. The lowest BCUT2D eigenvalue weighted by Gasteiger charge is -2.30. The van der Waals surface area contributed by atoms with Gasteiger partial charge in [-0.1, -0.05) is 29.4 Å². The van der Waals surface area contributed by atoms with Gasteiger partial charge in [-0.3, -0.25) is 9.80 Å². The molecule has 0 aromatic heterocycles. The minimum Gasteiger partial charge on any atom is -0.300 e. The van der Waals surface area contributed by atoms with E-state index < -0.39 is 0 Å². The lowest BCUT2D eigenvalue weighted by Crippen LogP contribution is -2.44. The highest BCUT2D eigenvalue weighted by atomic mass is 16.1. The van der Waals surface area contributed by atoms with Crippen LogP contribution >= 0.6 is 0 Å². The van der Waals surface area contributed by atoms with E-state index in [1.807, 2.05) is 0 Å². The normalized spacial score (nSPS) is 23.4. The molecule has 1 aliphatic heterocycles. The zero-order valence-corrected chi connectivity index (χ0v) is 13.5. The number of amides is 1. The summed E-state index contributed by atoms with van der Waals surface area (Å²) in [5, 5.41) is 1.72. The Labute approximate surface area is 123 Å². The highest BCUT2D eigenvalue weighted by molar-refractivity contribution is 5.50. The van der Waals surface area contributed by atoms with E-state index in [4.69, 9.17) is 0 Å². The van der Waals surface area contributed by atoms with Crippen LogP contribution in [0.15, 0.2) is 35.1 Å². The third-order valence-corrected chi connectivity index (χ3v) is 3.65. The van der Waals surface area contributed by atoms with E-state index in [1.165, 1.54) is 11.1 Å². The van der Waals surface area contributed by atoms with Gasteiger partial charge in [0.05, 0.1) is 5.54 Å². The lowest BCUT2D eigenvalue weighted by molar-refractivity contribution is -0.124. The Balaban J connectivity index is 2.69. The average molecular weight is 276 g/mol. The summed E-state index contributed by atoms with van der Waals surface area (Å²) in [7, 11) is 0. The minimum atomic E-state index is -0.121. The minimum absolute atomic E-state index is 0.121. The zero-order valence-electron chi connectivity index (χ0n) is 13.5. The van der Waals surface area contributed by atoms with Crippen molar-refractivity contribution in [2.45, 2.75) is 65.8 Å². The second kappa shape index (κ2) is 7.32. The summed E-state index contributed by atoms with van der Waals surface area (Å²) in [6.45, 7) is 10.6. The Hall–Kier alpha value is -1.51. The monoisotopic (exact) mass is 276 g/mol. The molecule has 20 heavy (non-hydrogen) atoms. The average Bonchev–Trinajstić information content (AvgIpc) is 2.65. The summed E-state index contributed by atoms with van der Waals surface area (Å²) in [5.74, 6) is 0. The van der Waals surface area contributed by atoms with Gasteiger partial charge in [0.15, 0.2) is 0 Å². The van der Waals surface area contributed by atoms with Crippen molar-refractivity contribution in [2.75, 3.05) is 0 Å². The number of hydrogen-bond donors (Lipinski definition) is 1. The fourth-order valence-electron chi connectivity index (χ4n) is 2.41. The Morgan fingerprint density at radius 1 is 1.25 bits per heavy atom. The molecular formula is C17H28N2O. The van der Waals surface area contributed by atoms with E-state index in [1.54, 1.807) is 5.01 Å². The van der Waals surface area contributed by atoms with Crippen LogP contribution in [0.1, 0.15) is 60.3 Å². The number of hydrogen-bond acceptors (Lipinski definition) is 2. The van der Waals surface area contributed by atoms with Gasteiger partial charge in [-0.05, 0) is 53.9 Å². The molecule has 112 valence electrons. The molecule has 0 bridgehead atoms. The summed E-state index contributed by atoms with van der Waals surface area (Å²) in [4.78, 5) is 11.3. The molecule has 1 rings (SSSR count).